The van der Waals surface area contributed by atoms with E-state index < -0.39 is 0 Å². The molecule has 17 heavy (non-hydrogen) atoms. The molecule has 1 unspecified atom stereocenters. The SMILES string of the molecule is CCN(CC)CC1CCc2cccc(C)c2N1. The smallest absolute Gasteiger partial charge is 0.0405 e. The van der Waals surface area contributed by atoms with Crippen LogP contribution in [0.25, 0.3) is 0 Å². The summed E-state index contributed by atoms with van der Waals surface area (Å²) in [5, 5.41) is 3.72. The van der Waals surface area contributed by atoms with Crippen LogP contribution in [0.2, 0.25) is 0 Å². The van der Waals surface area contributed by atoms with Crippen LogP contribution in [-0.2, 0) is 6.42 Å². The fourth-order valence-electron chi connectivity index (χ4n) is 2.68. The van der Waals surface area contributed by atoms with Crippen molar-refractivity contribution in [1.82, 2.24) is 4.90 Å². The third-order valence-corrected chi connectivity index (χ3v) is 3.84. The molecule has 0 radical (unpaired) electrons. The van der Waals surface area contributed by atoms with Gasteiger partial charge in [0, 0.05) is 18.3 Å². The topological polar surface area (TPSA) is 15.3 Å². The Morgan fingerprint density at radius 1 is 1.29 bits per heavy atom. The maximum atomic E-state index is 3.72. The molecule has 1 atom stereocenters. The van der Waals surface area contributed by atoms with Gasteiger partial charge in [0.1, 0.15) is 0 Å². The molecule has 0 saturated heterocycles. The van der Waals surface area contributed by atoms with E-state index in [2.05, 4.69) is 49.2 Å². The largest absolute Gasteiger partial charge is 0.381 e. The molecule has 0 fully saturated rings. The van der Waals surface area contributed by atoms with Crippen molar-refractivity contribution < 1.29 is 0 Å². The minimum absolute atomic E-state index is 0.614. The van der Waals surface area contributed by atoms with Crippen molar-refractivity contribution in [3.05, 3.63) is 29.3 Å². The Labute approximate surface area is 105 Å². The standard InChI is InChI=1S/C15H24N2/c1-4-17(5-2)11-14-10-9-13-8-6-7-12(3)15(13)16-14/h6-8,14,16H,4-5,9-11H2,1-3H3. The Kier molecular flexibility index (Phi) is 4.06. The molecule has 94 valence electrons. The number of likely N-dealkylation sites (N-methyl/N-ethyl adjacent to an activating group) is 1. The predicted octanol–water partition coefficient (Wildman–Crippen LogP) is 3.06. The molecule has 2 rings (SSSR count). The molecular formula is C15H24N2. The number of nitrogens with one attached hydrogen (secondary N) is 1. The molecule has 2 nitrogen and oxygen atoms in total. The van der Waals surface area contributed by atoms with Gasteiger partial charge < -0.3 is 10.2 Å². The Morgan fingerprint density at radius 2 is 2.06 bits per heavy atom. The molecule has 1 N–H and O–H groups in total. The highest BCUT2D eigenvalue weighted by Crippen LogP contribution is 2.28. The van der Waals surface area contributed by atoms with Gasteiger partial charge in [-0.1, -0.05) is 32.0 Å². The van der Waals surface area contributed by atoms with Crippen LogP contribution in [0.5, 0.6) is 0 Å². The second-order valence-electron chi connectivity index (χ2n) is 4.97. The fraction of sp³-hybridized carbons (Fsp3) is 0.600. The zero-order chi connectivity index (χ0) is 12.3. The van der Waals surface area contributed by atoms with Crippen LogP contribution in [0, 0.1) is 6.92 Å². The summed E-state index contributed by atoms with van der Waals surface area (Å²) >= 11 is 0. The summed E-state index contributed by atoms with van der Waals surface area (Å²) in [6, 6.07) is 7.23. The first-order valence-corrected chi connectivity index (χ1v) is 6.82. The molecule has 0 aliphatic carbocycles. The number of benzene rings is 1. The van der Waals surface area contributed by atoms with E-state index in [9.17, 15) is 0 Å². The average Bonchev–Trinajstić information content (AvgIpc) is 2.37. The Bertz CT molecular complexity index is 369. The lowest BCUT2D eigenvalue weighted by Crippen LogP contribution is -2.39. The third kappa shape index (κ3) is 2.81. The molecule has 1 aliphatic heterocycles. The maximum Gasteiger partial charge on any atom is 0.0405 e. The van der Waals surface area contributed by atoms with Crippen molar-refractivity contribution in [2.75, 3.05) is 25.0 Å². The van der Waals surface area contributed by atoms with E-state index in [0.29, 0.717) is 6.04 Å². The zero-order valence-electron chi connectivity index (χ0n) is 11.3. The first-order valence-electron chi connectivity index (χ1n) is 6.82. The van der Waals surface area contributed by atoms with Crippen LogP contribution in [-0.4, -0.2) is 30.6 Å². The lowest BCUT2D eigenvalue weighted by molar-refractivity contribution is 0.283. The van der Waals surface area contributed by atoms with Gasteiger partial charge >= 0.3 is 0 Å². The number of para-hydroxylation sites is 1. The zero-order valence-corrected chi connectivity index (χ0v) is 11.3. The van der Waals surface area contributed by atoms with Gasteiger partial charge in [-0.25, -0.2) is 0 Å². The van der Waals surface area contributed by atoms with Crippen LogP contribution in [0.3, 0.4) is 0 Å². The summed E-state index contributed by atoms with van der Waals surface area (Å²) in [5.41, 5.74) is 4.25. The predicted molar refractivity (Wildman–Crippen MR) is 74.7 cm³/mol. The summed E-state index contributed by atoms with van der Waals surface area (Å²) in [6.07, 6.45) is 2.48. The summed E-state index contributed by atoms with van der Waals surface area (Å²) in [4.78, 5) is 2.50. The lowest BCUT2D eigenvalue weighted by Gasteiger charge is -2.32. The van der Waals surface area contributed by atoms with Gasteiger partial charge in [0.25, 0.3) is 0 Å². The minimum Gasteiger partial charge on any atom is -0.381 e. The van der Waals surface area contributed by atoms with Gasteiger partial charge in [-0.3, -0.25) is 0 Å². The highest BCUT2D eigenvalue weighted by Gasteiger charge is 2.19. The summed E-state index contributed by atoms with van der Waals surface area (Å²) in [7, 11) is 0. The van der Waals surface area contributed by atoms with Gasteiger partial charge in [-0.05, 0) is 44.0 Å². The molecule has 1 aromatic rings. The molecule has 0 aromatic heterocycles. The van der Waals surface area contributed by atoms with E-state index in [-0.39, 0.29) is 0 Å². The lowest BCUT2D eigenvalue weighted by atomic mass is 9.95. The highest BCUT2D eigenvalue weighted by molar-refractivity contribution is 5.59. The van der Waals surface area contributed by atoms with Crippen molar-refractivity contribution in [3.63, 3.8) is 0 Å². The van der Waals surface area contributed by atoms with Crippen molar-refractivity contribution in [2.45, 2.75) is 39.7 Å². The minimum atomic E-state index is 0.614. The second-order valence-corrected chi connectivity index (χ2v) is 4.97. The number of nitrogens with zero attached hydrogens (tertiary/aromatic N) is 1. The molecule has 0 amide bonds. The van der Waals surface area contributed by atoms with Crippen LogP contribution in [0.1, 0.15) is 31.4 Å². The van der Waals surface area contributed by atoms with Crippen LogP contribution < -0.4 is 5.32 Å². The number of hydrogen-bond acceptors (Lipinski definition) is 2. The molecular weight excluding hydrogens is 208 g/mol. The number of aryl methyl sites for hydroxylation is 2. The second kappa shape index (κ2) is 5.54. The molecule has 1 aromatic carbocycles. The van der Waals surface area contributed by atoms with E-state index in [1.54, 1.807) is 0 Å². The highest BCUT2D eigenvalue weighted by atomic mass is 15.1. The third-order valence-electron chi connectivity index (χ3n) is 3.84. The summed E-state index contributed by atoms with van der Waals surface area (Å²) in [6.45, 7) is 10.1. The van der Waals surface area contributed by atoms with E-state index in [4.69, 9.17) is 0 Å². The van der Waals surface area contributed by atoms with E-state index >= 15 is 0 Å². The monoisotopic (exact) mass is 232 g/mol. The molecule has 1 heterocycles. The number of fused-ring (bicyclic) bond motifs is 1. The maximum absolute atomic E-state index is 3.72. The van der Waals surface area contributed by atoms with Crippen LogP contribution in [0.4, 0.5) is 5.69 Å². The fourth-order valence-corrected chi connectivity index (χ4v) is 2.68. The summed E-state index contributed by atoms with van der Waals surface area (Å²) in [5.74, 6) is 0. The first-order chi connectivity index (χ1) is 8.24. The first kappa shape index (κ1) is 12.4. The van der Waals surface area contributed by atoms with Crippen LogP contribution >= 0.6 is 0 Å². The number of anilines is 1. The Morgan fingerprint density at radius 3 is 2.76 bits per heavy atom. The summed E-state index contributed by atoms with van der Waals surface area (Å²) < 4.78 is 0. The average molecular weight is 232 g/mol. The van der Waals surface area contributed by atoms with Gasteiger partial charge in [-0.2, -0.15) is 0 Å². The van der Waals surface area contributed by atoms with Crippen molar-refractivity contribution in [2.24, 2.45) is 0 Å². The van der Waals surface area contributed by atoms with E-state index in [0.717, 1.165) is 13.1 Å². The Hall–Kier alpha value is -1.02. The molecule has 2 heteroatoms. The van der Waals surface area contributed by atoms with Crippen molar-refractivity contribution >= 4 is 5.69 Å². The number of hydrogen-bond donors (Lipinski definition) is 1. The van der Waals surface area contributed by atoms with Crippen molar-refractivity contribution in [3.8, 4) is 0 Å². The normalized spacial score (nSPS) is 18.9. The number of rotatable bonds is 4. The molecule has 0 bridgehead atoms. The quantitative estimate of drug-likeness (QED) is 0.858. The molecule has 1 aliphatic rings. The Balaban J connectivity index is 2.05. The van der Waals surface area contributed by atoms with Gasteiger partial charge in [0.2, 0.25) is 0 Å². The van der Waals surface area contributed by atoms with E-state index in [1.807, 2.05) is 0 Å². The van der Waals surface area contributed by atoms with Crippen LogP contribution in [0.15, 0.2) is 18.2 Å². The van der Waals surface area contributed by atoms with E-state index in [1.165, 1.54) is 36.2 Å². The molecule has 0 saturated carbocycles. The van der Waals surface area contributed by atoms with Gasteiger partial charge in [-0.15, -0.1) is 0 Å². The van der Waals surface area contributed by atoms with Gasteiger partial charge in [0.15, 0.2) is 0 Å². The molecule has 0 spiro atoms. The van der Waals surface area contributed by atoms with Crippen molar-refractivity contribution in [1.29, 1.82) is 0 Å². The van der Waals surface area contributed by atoms with Gasteiger partial charge in [0.05, 0.1) is 0 Å².